The molecule has 8 aliphatic rings. The molecule has 0 spiro atoms. The van der Waals surface area contributed by atoms with Gasteiger partial charge in [-0.05, 0) is 75.7 Å². The number of rotatable bonds is 52. The van der Waals surface area contributed by atoms with Crippen LogP contribution in [0.2, 0.25) is 0 Å². The van der Waals surface area contributed by atoms with E-state index in [2.05, 4.69) is 55.4 Å². The molecule has 8 aliphatic heterocycles. The molecular weight excluding hydrogens is 1710 g/mol. The fraction of sp³-hybridized carbons (Fsp3) is 0.840. The highest BCUT2D eigenvalue weighted by Crippen LogP contribution is 2.44. The van der Waals surface area contributed by atoms with Crippen LogP contribution in [-0.2, 0) is 133 Å². The molecule has 0 aliphatic carbocycles. The normalized spacial score (nSPS) is 36.5. The molecular formula is C100H176O32. The highest BCUT2D eigenvalue weighted by atomic mass is 16.7. The van der Waals surface area contributed by atoms with E-state index in [0.717, 1.165) is 48.0 Å². The third kappa shape index (κ3) is 31.3. The molecule has 0 saturated carbocycles. The van der Waals surface area contributed by atoms with Crippen molar-refractivity contribution in [3.05, 3.63) is 95.2 Å². The van der Waals surface area contributed by atoms with Gasteiger partial charge in [0.15, 0.2) is 25.2 Å². The van der Waals surface area contributed by atoms with Crippen molar-refractivity contribution in [2.75, 3.05) is 142 Å². The quantitative estimate of drug-likeness (QED) is 0.0325. The summed E-state index contributed by atoms with van der Waals surface area (Å²) in [6, 6.07) is 0. The predicted molar refractivity (Wildman–Crippen MR) is 500 cm³/mol. The Morgan fingerprint density at radius 1 is 0.227 bits per heavy atom. The van der Waals surface area contributed by atoms with E-state index < -0.39 is 74.0 Å². The lowest BCUT2D eigenvalue weighted by Gasteiger charge is -2.44. The number of aliphatic hydroxyl groups is 4. The van der Waals surface area contributed by atoms with Crippen LogP contribution >= 0.6 is 0 Å². The number of hydrogen-bond donors (Lipinski definition) is 4. The van der Waals surface area contributed by atoms with E-state index in [9.17, 15) is 20.4 Å². The van der Waals surface area contributed by atoms with Gasteiger partial charge in [-0.3, -0.25) is 0 Å². The molecule has 0 aromatic heterocycles. The number of hydrogen-bond acceptors (Lipinski definition) is 32. The zero-order chi connectivity index (χ0) is 98.8. The van der Waals surface area contributed by atoms with Gasteiger partial charge < -0.3 is 153 Å². The molecule has 0 unspecified atom stereocenters. The topological polar surface area (TPSA) is 353 Å². The Morgan fingerprint density at radius 2 is 0.386 bits per heavy atom. The summed E-state index contributed by atoms with van der Waals surface area (Å²) in [4.78, 5) is 0. The fourth-order valence-corrected chi connectivity index (χ4v) is 19.3. The number of epoxide rings is 4. The van der Waals surface area contributed by atoms with Gasteiger partial charge in [0.1, 0.15) is 122 Å². The lowest BCUT2D eigenvalue weighted by Crippen LogP contribution is -2.60. The van der Waals surface area contributed by atoms with Crippen molar-refractivity contribution in [3.8, 4) is 0 Å². The van der Waals surface area contributed by atoms with Gasteiger partial charge in [-0.1, -0.05) is 156 Å². The highest BCUT2D eigenvalue weighted by molar-refractivity contribution is 5.24. The minimum absolute atomic E-state index is 0.0295. The first-order chi connectivity index (χ1) is 63.1. The maximum absolute atomic E-state index is 10.8. The lowest BCUT2D eigenvalue weighted by molar-refractivity contribution is -0.295. The average molecular weight is 1890 g/mol. The van der Waals surface area contributed by atoms with E-state index in [1.165, 1.54) is 0 Å². The van der Waals surface area contributed by atoms with Crippen molar-refractivity contribution in [3.63, 3.8) is 0 Å². The van der Waals surface area contributed by atoms with Gasteiger partial charge in [0.25, 0.3) is 0 Å². The van der Waals surface area contributed by atoms with Gasteiger partial charge in [0.05, 0.1) is 73.2 Å². The van der Waals surface area contributed by atoms with Crippen molar-refractivity contribution in [1.82, 2.24) is 0 Å². The zero-order valence-corrected chi connectivity index (χ0v) is 86.4. The van der Waals surface area contributed by atoms with Gasteiger partial charge in [0, 0.05) is 190 Å². The third-order valence-corrected chi connectivity index (χ3v) is 28.1. The molecule has 768 valence electrons. The fourth-order valence-electron chi connectivity index (χ4n) is 19.3. The van der Waals surface area contributed by atoms with E-state index in [1.54, 1.807) is 142 Å². The van der Waals surface area contributed by atoms with Gasteiger partial charge in [-0.2, -0.15) is 0 Å². The predicted octanol–water partition coefficient (Wildman–Crippen LogP) is 10.9. The molecule has 0 aromatic carbocycles. The number of ether oxygens (including phenoxy) is 28. The van der Waals surface area contributed by atoms with Gasteiger partial charge in [0.2, 0.25) is 0 Å². The van der Waals surface area contributed by atoms with E-state index in [0.29, 0.717) is 0 Å². The van der Waals surface area contributed by atoms with Crippen molar-refractivity contribution in [1.29, 1.82) is 0 Å². The summed E-state index contributed by atoms with van der Waals surface area (Å²) < 4.78 is 160. The van der Waals surface area contributed by atoms with E-state index >= 15 is 0 Å². The summed E-state index contributed by atoms with van der Waals surface area (Å²) in [5.41, 5.74) is 3.83. The molecule has 8 fully saturated rings. The maximum Gasteiger partial charge on any atom is 0.186 e. The first-order valence-electron chi connectivity index (χ1n) is 47.1. The van der Waals surface area contributed by atoms with E-state index in [4.69, 9.17) is 133 Å². The molecule has 132 heavy (non-hydrogen) atoms. The monoisotopic (exact) mass is 1890 g/mol. The zero-order valence-electron chi connectivity index (χ0n) is 86.4. The molecule has 32 nitrogen and oxygen atoms in total. The van der Waals surface area contributed by atoms with Gasteiger partial charge in [-0.15, -0.1) is 0 Å². The molecule has 0 bridgehead atoms. The molecule has 0 aromatic rings. The second-order valence-corrected chi connectivity index (χ2v) is 36.1. The van der Waals surface area contributed by atoms with Gasteiger partial charge in [-0.25, -0.2) is 0 Å². The van der Waals surface area contributed by atoms with Crippen LogP contribution in [0.25, 0.3) is 0 Å². The van der Waals surface area contributed by atoms with Crippen LogP contribution in [0.5, 0.6) is 0 Å². The Morgan fingerprint density at radius 3 is 0.515 bits per heavy atom. The van der Waals surface area contributed by atoms with Crippen molar-refractivity contribution in [2.24, 2.45) is 47.3 Å². The van der Waals surface area contributed by atoms with Crippen molar-refractivity contribution < 1.29 is 153 Å². The van der Waals surface area contributed by atoms with Crippen molar-refractivity contribution >= 4 is 0 Å². The van der Waals surface area contributed by atoms with Crippen LogP contribution in [0, 0.1) is 47.3 Å². The Bertz CT molecular complexity index is 2970. The molecule has 0 radical (unpaired) electrons. The van der Waals surface area contributed by atoms with E-state index in [-0.39, 0.29) is 194 Å². The smallest absolute Gasteiger partial charge is 0.186 e. The Kier molecular flexibility index (Phi) is 54.2. The molecule has 4 N–H and O–H groups in total. The average Bonchev–Trinajstić information content (AvgIpc) is 1.46. The van der Waals surface area contributed by atoms with Crippen LogP contribution < -0.4 is 0 Å². The second-order valence-electron chi connectivity index (χ2n) is 36.1. The molecule has 8 saturated heterocycles. The van der Waals surface area contributed by atoms with Crippen LogP contribution in [0.15, 0.2) is 95.2 Å². The summed E-state index contributed by atoms with van der Waals surface area (Å²) in [6.45, 7) is 32.7. The molecule has 32 heteroatoms. The summed E-state index contributed by atoms with van der Waals surface area (Å²) in [7, 11) is 32.7. The molecule has 0 amide bonds. The maximum atomic E-state index is 10.8. The lowest BCUT2D eigenvalue weighted by atomic mass is 9.91. The Labute approximate surface area is 791 Å². The van der Waals surface area contributed by atoms with Crippen LogP contribution in [0.3, 0.4) is 0 Å². The summed E-state index contributed by atoms with van der Waals surface area (Å²) in [6.07, 6.45) is 16.8. The number of aliphatic hydroxyl groups excluding tert-OH is 4. The second kappa shape index (κ2) is 60.0. The summed E-state index contributed by atoms with van der Waals surface area (Å²) in [5.74, 6) is 0.691. The highest BCUT2D eigenvalue weighted by Gasteiger charge is 2.57. The Hall–Kier alpha value is -3.36. The minimum Gasteiger partial charge on any atom is -0.390 e. The third-order valence-electron chi connectivity index (χ3n) is 28.1. The standard InChI is InChI=1S/4C25H44O8/c4*1-10-17(27-5)16(4)20-21(32-20)18(26)14(2)12-11-13-15(3)19-22(28-6)23(29-7)24(30-8)25(31-9)33-19/h4*11-14,16-26H,10H2,1-9H3/b4*12-11+,15-13+/t14-,16+,17-,18+,19-,20+,21+,22+,23-,24+,25+;14-,16+,17-,18+,19-,20+,21+,22+,23-,24+,25-;14-,16+,17-,18+,19-,20+,21+,22+,23-,24-,25-;14-,16+,17-,18+,19-,20+,21+,22-,23-,24+,25-/m0000/s1. The number of methoxy groups -OCH3 is 20. The Balaban J connectivity index is 0.000000311. The first-order valence-corrected chi connectivity index (χ1v) is 47.1. The number of allylic oxidation sites excluding steroid dienone is 8. The molecule has 8 rings (SSSR count). The van der Waals surface area contributed by atoms with Gasteiger partial charge >= 0.3 is 0 Å². The minimum atomic E-state index is -0.576. The SMILES string of the molecule is CC[C@H](OC)[C@@H](C)[C@H]1O[C@@H]1[C@H](O)[C@@H](C)/C=C/C=C(\C)[C@@H]1O[C@@H](OC)[C@H](OC)[C@@H](OC)[C@@H]1OC.CC[C@H](OC)[C@@H](C)[C@H]1O[C@@H]1[C@H](O)[C@@H](C)/C=C/C=C(\C)[C@@H]1O[C@H](OC)[C@@H](OC)[C@@H](OC)[C@@H]1OC.CC[C@H](OC)[C@@H](C)[C@H]1O[C@@H]1[C@H](O)[C@@H](C)/C=C/C=C(\C)[C@@H]1O[C@H](OC)[C@H](OC)[C@@H](OC)[C@@H]1OC.CC[C@H](OC)[C@@H](C)[C@H]1O[C@@H]1[C@H](O)[C@@H](C)/C=C/C=C(\C)[C@@H]1O[C@H](OC)[C@H](OC)[C@@H](OC)[C@H]1OC. The first kappa shape index (κ1) is 119. The van der Waals surface area contributed by atoms with E-state index in [1.807, 2.05) is 128 Å². The van der Waals surface area contributed by atoms with Crippen molar-refractivity contribution in [2.45, 2.75) is 357 Å². The van der Waals surface area contributed by atoms with Crippen LogP contribution in [-0.4, -0.2) is 383 Å². The molecule has 44 atom stereocenters. The summed E-state index contributed by atoms with van der Waals surface area (Å²) >= 11 is 0. The van der Waals surface area contributed by atoms with Crippen LogP contribution in [0.1, 0.15) is 136 Å². The largest absolute Gasteiger partial charge is 0.390 e. The summed E-state index contributed by atoms with van der Waals surface area (Å²) in [5, 5.41) is 43.0. The molecule has 8 heterocycles. The van der Waals surface area contributed by atoms with Crippen LogP contribution in [0.4, 0.5) is 0 Å².